The second kappa shape index (κ2) is 6.13. The van der Waals surface area contributed by atoms with Crippen molar-refractivity contribution < 1.29 is 9.18 Å². The summed E-state index contributed by atoms with van der Waals surface area (Å²) in [6, 6.07) is 11.0. The van der Waals surface area contributed by atoms with Gasteiger partial charge in [-0.15, -0.1) is 0 Å². The number of carbonyl (C=O) groups is 1. The van der Waals surface area contributed by atoms with Crippen LogP contribution in [0.5, 0.6) is 0 Å². The molecule has 22 heavy (non-hydrogen) atoms. The molecule has 3 aromatic rings. The SMILES string of the molecule is O=C(c1ccncc1)c1cnccc1Nc1cccc(F)c1. The fourth-order valence-corrected chi connectivity index (χ4v) is 2.06. The van der Waals surface area contributed by atoms with Crippen LogP contribution in [0.4, 0.5) is 15.8 Å². The largest absolute Gasteiger partial charge is 0.355 e. The van der Waals surface area contributed by atoms with Gasteiger partial charge in [0.2, 0.25) is 0 Å². The van der Waals surface area contributed by atoms with Gasteiger partial charge in [0.1, 0.15) is 5.82 Å². The topological polar surface area (TPSA) is 54.9 Å². The van der Waals surface area contributed by atoms with Gasteiger partial charge in [0.15, 0.2) is 5.78 Å². The molecule has 0 atom stereocenters. The number of ketones is 1. The Hall–Kier alpha value is -3.08. The number of benzene rings is 1. The minimum Gasteiger partial charge on any atom is -0.355 e. The number of halogens is 1. The molecule has 1 N–H and O–H groups in total. The van der Waals surface area contributed by atoms with E-state index in [1.807, 2.05) is 0 Å². The Labute approximate surface area is 126 Å². The predicted octanol–water partition coefficient (Wildman–Crippen LogP) is 3.59. The average Bonchev–Trinajstić information content (AvgIpc) is 2.56. The van der Waals surface area contributed by atoms with Crippen molar-refractivity contribution >= 4 is 17.2 Å². The summed E-state index contributed by atoms with van der Waals surface area (Å²) >= 11 is 0. The molecule has 5 heteroatoms. The van der Waals surface area contributed by atoms with Gasteiger partial charge in [-0.25, -0.2) is 4.39 Å². The van der Waals surface area contributed by atoms with Gasteiger partial charge in [0, 0.05) is 36.0 Å². The number of hydrogen-bond acceptors (Lipinski definition) is 4. The van der Waals surface area contributed by atoms with Crippen LogP contribution in [0.2, 0.25) is 0 Å². The first kappa shape index (κ1) is 13.9. The fraction of sp³-hybridized carbons (Fsp3) is 0. The summed E-state index contributed by atoms with van der Waals surface area (Å²) < 4.78 is 13.3. The summed E-state index contributed by atoms with van der Waals surface area (Å²) in [4.78, 5) is 20.4. The molecule has 108 valence electrons. The molecule has 0 aliphatic heterocycles. The highest BCUT2D eigenvalue weighted by Crippen LogP contribution is 2.22. The van der Waals surface area contributed by atoms with Crippen LogP contribution < -0.4 is 5.32 Å². The molecule has 0 aliphatic carbocycles. The molecule has 0 spiro atoms. The van der Waals surface area contributed by atoms with E-state index in [2.05, 4.69) is 15.3 Å². The van der Waals surface area contributed by atoms with Gasteiger partial charge in [-0.3, -0.25) is 14.8 Å². The molecule has 2 aromatic heterocycles. The van der Waals surface area contributed by atoms with E-state index in [4.69, 9.17) is 0 Å². The zero-order valence-electron chi connectivity index (χ0n) is 11.5. The summed E-state index contributed by atoms with van der Waals surface area (Å²) in [5, 5.41) is 3.05. The van der Waals surface area contributed by atoms with Crippen molar-refractivity contribution in [3.63, 3.8) is 0 Å². The summed E-state index contributed by atoms with van der Waals surface area (Å²) in [5.41, 5.74) is 2.07. The molecule has 0 fully saturated rings. The monoisotopic (exact) mass is 293 g/mol. The molecule has 3 rings (SSSR count). The Morgan fingerprint density at radius 1 is 1.00 bits per heavy atom. The molecule has 0 bridgehead atoms. The lowest BCUT2D eigenvalue weighted by molar-refractivity contribution is 0.103. The van der Waals surface area contributed by atoms with Crippen LogP contribution in [0.1, 0.15) is 15.9 Å². The van der Waals surface area contributed by atoms with Gasteiger partial charge < -0.3 is 5.32 Å². The van der Waals surface area contributed by atoms with E-state index in [0.717, 1.165) is 0 Å². The summed E-state index contributed by atoms with van der Waals surface area (Å²) in [5.74, 6) is -0.518. The molecule has 0 amide bonds. The molecule has 0 saturated heterocycles. The molecule has 0 unspecified atom stereocenters. The van der Waals surface area contributed by atoms with E-state index in [1.165, 1.54) is 18.3 Å². The van der Waals surface area contributed by atoms with Crippen LogP contribution in [-0.4, -0.2) is 15.8 Å². The maximum Gasteiger partial charge on any atom is 0.196 e. The Balaban J connectivity index is 1.95. The minimum atomic E-state index is -0.346. The zero-order valence-corrected chi connectivity index (χ0v) is 11.5. The second-order valence-corrected chi connectivity index (χ2v) is 4.62. The molecule has 4 nitrogen and oxygen atoms in total. The van der Waals surface area contributed by atoms with Crippen LogP contribution in [0.25, 0.3) is 0 Å². The number of pyridine rings is 2. The van der Waals surface area contributed by atoms with Crippen LogP contribution >= 0.6 is 0 Å². The Morgan fingerprint density at radius 2 is 1.77 bits per heavy atom. The van der Waals surface area contributed by atoms with Crippen LogP contribution in [0, 0.1) is 5.82 Å². The number of anilines is 2. The van der Waals surface area contributed by atoms with Gasteiger partial charge >= 0.3 is 0 Å². The molecule has 1 aromatic carbocycles. The van der Waals surface area contributed by atoms with Crippen molar-refractivity contribution in [3.8, 4) is 0 Å². The van der Waals surface area contributed by atoms with Crippen LogP contribution in [0.3, 0.4) is 0 Å². The second-order valence-electron chi connectivity index (χ2n) is 4.62. The Bertz CT molecular complexity index is 806. The first-order valence-corrected chi connectivity index (χ1v) is 6.65. The average molecular weight is 293 g/mol. The standard InChI is InChI=1S/C17H12FN3O/c18-13-2-1-3-14(10-13)21-16-6-9-20-11-15(16)17(22)12-4-7-19-8-5-12/h1-11H,(H,20,21). The highest BCUT2D eigenvalue weighted by Gasteiger charge is 2.14. The molecule has 2 heterocycles. The summed E-state index contributed by atoms with van der Waals surface area (Å²) in [6.45, 7) is 0. The lowest BCUT2D eigenvalue weighted by Crippen LogP contribution is -2.06. The number of rotatable bonds is 4. The van der Waals surface area contributed by atoms with E-state index in [1.54, 1.807) is 48.9 Å². The molecule has 0 radical (unpaired) electrons. The molecular formula is C17H12FN3O. The van der Waals surface area contributed by atoms with Gasteiger partial charge in [-0.1, -0.05) is 6.07 Å². The van der Waals surface area contributed by atoms with Crippen molar-refractivity contribution in [1.82, 2.24) is 9.97 Å². The van der Waals surface area contributed by atoms with Crippen molar-refractivity contribution in [3.05, 3.63) is 84.2 Å². The zero-order chi connectivity index (χ0) is 15.4. The number of hydrogen-bond donors (Lipinski definition) is 1. The third-order valence-corrected chi connectivity index (χ3v) is 3.11. The van der Waals surface area contributed by atoms with Gasteiger partial charge in [0.25, 0.3) is 0 Å². The maximum absolute atomic E-state index is 13.3. The third-order valence-electron chi connectivity index (χ3n) is 3.11. The number of nitrogens with zero attached hydrogens (tertiary/aromatic N) is 2. The Morgan fingerprint density at radius 3 is 2.55 bits per heavy atom. The lowest BCUT2D eigenvalue weighted by Gasteiger charge is -2.11. The fourth-order valence-electron chi connectivity index (χ4n) is 2.06. The van der Waals surface area contributed by atoms with E-state index in [-0.39, 0.29) is 11.6 Å². The highest BCUT2D eigenvalue weighted by molar-refractivity contribution is 6.12. The van der Waals surface area contributed by atoms with Gasteiger partial charge in [0.05, 0.1) is 11.3 Å². The number of carbonyl (C=O) groups excluding carboxylic acids is 1. The molecular weight excluding hydrogens is 281 g/mol. The van der Waals surface area contributed by atoms with Crippen molar-refractivity contribution in [2.45, 2.75) is 0 Å². The normalized spacial score (nSPS) is 10.2. The van der Waals surface area contributed by atoms with Gasteiger partial charge in [-0.05, 0) is 36.4 Å². The van der Waals surface area contributed by atoms with Gasteiger partial charge in [-0.2, -0.15) is 0 Å². The van der Waals surface area contributed by atoms with E-state index >= 15 is 0 Å². The molecule has 0 saturated carbocycles. The highest BCUT2D eigenvalue weighted by atomic mass is 19.1. The first-order valence-electron chi connectivity index (χ1n) is 6.65. The third kappa shape index (κ3) is 2.98. The van der Waals surface area contributed by atoms with E-state index in [9.17, 15) is 9.18 Å². The van der Waals surface area contributed by atoms with Crippen molar-refractivity contribution in [1.29, 1.82) is 0 Å². The summed E-state index contributed by atoms with van der Waals surface area (Å²) in [7, 11) is 0. The molecule has 0 aliphatic rings. The number of nitrogens with one attached hydrogen (secondary N) is 1. The quantitative estimate of drug-likeness (QED) is 0.747. The first-order chi connectivity index (χ1) is 10.7. The van der Waals surface area contributed by atoms with Crippen molar-refractivity contribution in [2.75, 3.05) is 5.32 Å². The van der Waals surface area contributed by atoms with E-state index in [0.29, 0.717) is 22.5 Å². The minimum absolute atomic E-state index is 0.172. The number of aromatic nitrogens is 2. The van der Waals surface area contributed by atoms with E-state index < -0.39 is 0 Å². The summed E-state index contributed by atoms with van der Waals surface area (Å²) in [6.07, 6.45) is 6.18. The van der Waals surface area contributed by atoms with Crippen LogP contribution in [0.15, 0.2) is 67.3 Å². The smallest absolute Gasteiger partial charge is 0.196 e. The lowest BCUT2D eigenvalue weighted by atomic mass is 10.0. The Kier molecular flexibility index (Phi) is 3.87. The predicted molar refractivity (Wildman–Crippen MR) is 81.6 cm³/mol. The van der Waals surface area contributed by atoms with Crippen molar-refractivity contribution in [2.24, 2.45) is 0 Å². The van der Waals surface area contributed by atoms with Crippen LogP contribution in [-0.2, 0) is 0 Å². The maximum atomic E-state index is 13.3.